The van der Waals surface area contributed by atoms with Crippen molar-refractivity contribution in [2.24, 2.45) is 0 Å². The second-order valence-electron chi connectivity index (χ2n) is 5.56. The van der Waals surface area contributed by atoms with Crippen molar-refractivity contribution in [2.45, 2.75) is 58.8 Å². The Labute approximate surface area is 134 Å². The van der Waals surface area contributed by atoms with Crippen molar-refractivity contribution in [2.75, 3.05) is 19.4 Å². The van der Waals surface area contributed by atoms with Crippen molar-refractivity contribution in [3.63, 3.8) is 0 Å². The first-order valence-corrected chi connectivity index (χ1v) is 8.92. The zero-order valence-corrected chi connectivity index (χ0v) is 15.1. The van der Waals surface area contributed by atoms with Crippen molar-refractivity contribution >= 4 is 11.8 Å². The van der Waals surface area contributed by atoms with Gasteiger partial charge in [-0.25, -0.2) is 0 Å². The Morgan fingerprint density at radius 2 is 2.05 bits per heavy atom. The third kappa shape index (κ3) is 5.51. The monoisotopic (exact) mass is 310 g/mol. The molecule has 0 spiro atoms. The van der Waals surface area contributed by atoms with Crippen molar-refractivity contribution in [3.05, 3.63) is 23.0 Å². The highest BCUT2D eigenvalue weighted by Gasteiger charge is 2.15. The van der Waals surface area contributed by atoms with E-state index in [1.165, 1.54) is 12.0 Å². The standard InChI is InChI=1S/C17H30N2OS/c1-7-13(4)21-11-15(18-8-2)9-16-14(5)17(20-6)12(3)10-19-16/h10,13,15,18H,7-9,11H2,1-6H3. The van der Waals surface area contributed by atoms with Crippen LogP contribution in [0.2, 0.25) is 0 Å². The lowest BCUT2D eigenvalue weighted by Gasteiger charge is -2.21. The third-order valence-electron chi connectivity index (χ3n) is 3.84. The summed E-state index contributed by atoms with van der Waals surface area (Å²) in [5.41, 5.74) is 3.43. The van der Waals surface area contributed by atoms with Gasteiger partial charge in [-0.1, -0.05) is 20.8 Å². The molecule has 120 valence electrons. The number of ether oxygens (including phenoxy) is 1. The Balaban J connectivity index is 2.79. The topological polar surface area (TPSA) is 34.2 Å². The summed E-state index contributed by atoms with van der Waals surface area (Å²) in [5, 5.41) is 4.30. The number of thioether (sulfide) groups is 1. The maximum Gasteiger partial charge on any atom is 0.128 e. The van der Waals surface area contributed by atoms with E-state index in [9.17, 15) is 0 Å². The van der Waals surface area contributed by atoms with Gasteiger partial charge in [0.1, 0.15) is 5.75 Å². The number of aryl methyl sites for hydroxylation is 1. The van der Waals surface area contributed by atoms with Gasteiger partial charge >= 0.3 is 0 Å². The first kappa shape index (κ1) is 18.3. The summed E-state index contributed by atoms with van der Waals surface area (Å²) in [5.74, 6) is 2.10. The molecule has 0 amide bonds. The van der Waals surface area contributed by atoms with E-state index in [2.05, 4.69) is 38.0 Å². The van der Waals surface area contributed by atoms with E-state index in [0.717, 1.165) is 35.7 Å². The molecule has 1 N–H and O–H groups in total. The third-order valence-corrected chi connectivity index (χ3v) is 5.34. The number of pyridine rings is 1. The zero-order chi connectivity index (χ0) is 15.8. The highest BCUT2D eigenvalue weighted by molar-refractivity contribution is 7.99. The quantitative estimate of drug-likeness (QED) is 0.753. The molecule has 1 aromatic rings. The molecule has 0 aliphatic rings. The molecule has 0 aliphatic heterocycles. The van der Waals surface area contributed by atoms with Gasteiger partial charge in [-0.2, -0.15) is 11.8 Å². The van der Waals surface area contributed by atoms with E-state index in [1.54, 1.807) is 7.11 Å². The van der Waals surface area contributed by atoms with Crippen LogP contribution in [0.15, 0.2) is 6.20 Å². The number of nitrogens with one attached hydrogen (secondary N) is 1. The molecule has 0 fully saturated rings. The average molecular weight is 311 g/mol. The van der Waals surface area contributed by atoms with E-state index < -0.39 is 0 Å². The van der Waals surface area contributed by atoms with Crippen LogP contribution in [0.1, 0.15) is 44.0 Å². The zero-order valence-electron chi connectivity index (χ0n) is 14.3. The molecule has 1 rings (SSSR count). The highest BCUT2D eigenvalue weighted by atomic mass is 32.2. The molecule has 0 saturated carbocycles. The molecule has 0 saturated heterocycles. The molecule has 0 aromatic carbocycles. The van der Waals surface area contributed by atoms with E-state index in [-0.39, 0.29) is 0 Å². The summed E-state index contributed by atoms with van der Waals surface area (Å²) in [6.07, 6.45) is 4.10. The Morgan fingerprint density at radius 3 is 2.62 bits per heavy atom. The number of nitrogens with zero attached hydrogens (tertiary/aromatic N) is 1. The van der Waals surface area contributed by atoms with E-state index in [1.807, 2.05) is 24.9 Å². The number of hydrogen-bond acceptors (Lipinski definition) is 4. The second kappa shape index (κ2) is 9.31. The fourth-order valence-electron chi connectivity index (χ4n) is 2.39. The van der Waals surface area contributed by atoms with Gasteiger partial charge in [0.15, 0.2) is 0 Å². The summed E-state index contributed by atoms with van der Waals surface area (Å²) in [6.45, 7) is 11.9. The van der Waals surface area contributed by atoms with Crippen LogP contribution in [0.3, 0.4) is 0 Å². The lowest BCUT2D eigenvalue weighted by Crippen LogP contribution is -2.34. The van der Waals surface area contributed by atoms with Gasteiger partial charge in [0.05, 0.1) is 7.11 Å². The van der Waals surface area contributed by atoms with Crippen molar-refractivity contribution in [1.82, 2.24) is 10.3 Å². The summed E-state index contributed by atoms with van der Waals surface area (Å²) in [4.78, 5) is 4.63. The lowest BCUT2D eigenvalue weighted by atomic mass is 10.1. The van der Waals surface area contributed by atoms with Crippen LogP contribution in [0, 0.1) is 13.8 Å². The molecule has 2 unspecified atom stereocenters. The molecule has 21 heavy (non-hydrogen) atoms. The minimum absolute atomic E-state index is 0.465. The van der Waals surface area contributed by atoms with Gasteiger partial charge in [-0.3, -0.25) is 4.98 Å². The number of likely N-dealkylation sites (N-methyl/N-ethyl adjacent to an activating group) is 1. The second-order valence-corrected chi connectivity index (χ2v) is 7.03. The van der Waals surface area contributed by atoms with Crippen molar-refractivity contribution in [1.29, 1.82) is 0 Å². The Hall–Kier alpha value is -0.740. The van der Waals surface area contributed by atoms with Crippen LogP contribution >= 0.6 is 11.8 Å². The molecule has 0 aliphatic carbocycles. The Kier molecular flexibility index (Phi) is 8.12. The molecule has 0 radical (unpaired) electrons. The van der Waals surface area contributed by atoms with Gasteiger partial charge in [0.2, 0.25) is 0 Å². The van der Waals surface area contributed by atoms with Gasteiger partial charge < -0.3 is 10.1 Å². The molecule has 3 nitrogen and oxygen atoms in total. The lowest BCUT2D eigenvalue weighted by molar-refractivity contribution is 0.406. The van der Waals surface area contributed by atoms with Crippen molar-refractivity contribution < 1.29 is 4.74 Å². The minimum Gasteiger partial charge on any atom is -0.496 e. The predicted molar refractivity (Wildman–Crippen MR) is 93.6 cm³/mol. The first-order chi connectivity index (χ1) is 10.0. The van der Waals surface area contributed by atoms with Crippen LogP contribution in [0.5, 0.6) is 5.75 Å². The van der Waals surface area contributed by atoms with Gasteiger partial charge in [-0.15, -0.1) is 0 Å². The van der Waals surface area contributed by atoms with Gasteiger partial charge in [0.25, 0.3) is 0 Å². The van der Waals surface area contributed by atoms with Crippen LogP contribution in [-0.4, -0.2) is 35.7 Å². The van der Waals surface area contributed by atoms with Gasteiger partial charge in [0, 0.05) is 46.5 Å². The smallest absolute Gasteiger partial charge is 0.128 e. The fraction of sp³-hybridized carbons (Fsp3) is 0.706. The average Bonchev–Trinajstić information content (AvgIpc) is 2.47. The summed E-state index contributed by atoms with van der Waals surface area (Å²) in [6, 6.07) is 0.465. The molecule has 2 atom stereocenters. The SMILES string of the molecule is CCNC(CSC(C)CC)Cc1ncc(C)c(OC)c1C. The fourth-order valence-corrected chi connectivity index (χ4v) is 3.42. The van der Waals surface area contributed by atoms with Crippen LogP contribution < -0.4 is 10.1 Å². The van der Waals surface area contributed by atoms with Crippen LogP contribution in [-0.2, 0) is 6.42 Å². The van der Waals surface area contributed by atoms with Crippen LogP contribution in [0.25, 0.3) is 0 Å². The molecular formula is C17H30N2OS. The largest absolute Gasteiger partial charge is 0.496 e. The van der Waals surface area contributed by atoms with E-state index in [4.69, 9.17) is 4.74 Å². The number of hydrogen-bond donors (Lipinski definition) is 1. The summed E-state index contributed by atoms with van der Waals surface area (Å²) in [7, 11) is 1.74. The maximum atomic E-state index is 5.51. The summed E-state index contributed by atoms with van der Waals surface area (Å²) >= 11 is 2.04. The minimum atomic E-state index is 0.465. The number of methoxy groups -OCH3 is 1. The molecule has 4 heteroatoms. The van der Waals surface area contributed by atoms with Crippen molar-refractivity contribution in [3.8, 4) is 5.75 Å². The first-order valence-electron chi connectivity index (χ1n) is 7.87. The summed E-state index contributed by atoms with van der Waals surface area (Å²) < 4.78 is 5.51. The van der Waals surface area contributed by atoms with E-state index in [0.29, 0.717) is 11.3 Å². The normalized spacial score (nSPS) is 14.0. The Morgan fingerprint density at radius 1 is 1.33 bits per heavy atom. The number of aromatic nitrogens is 1. The van der Waals surface area contributed by atoms with Crippen LogP contribution in [0.4, 0.5) is 0 Å². The van der Waals surface area contributed by atoms with Gasteiger partial charge in [-0.05, 0) is 26.8 Å². The molecule has 1 aromatic heterocycles. The molecular weight excluding hydrogens is 280 g/mol. The molecule has 1 heterocycles. The predicted octanol–water partition coefficient (Wildman–Crippen LogP) is 3.76. The maximum absolute atomic E-state index is 5.51. The number of rotatable bonds is 9. The Bertz CT molecular complexity index is 437. The highest BCUT2D eigenvalue weighted by Crippen LogP contribution is 2.25. The molecule has 0 bridgehead atoms. The van der Waals surface area contributed by atoms with E-state index >= 15 is 0 Å².